The molecule has 0 amide bonds. The molecule has 0 aromatic heterocycles. The molecule has 32 heavy (non-hydrogen) atoms. The van der Waals surface area contributed by atoms with E-state index in [2.05, 4.69) is 10.5 Å². The van der Waals surface area contributed by atoms with E-state index in [1.165, 1.54) is 13.2 Å². The van der Waals surface area contributed by atoms with Gasteiger partial charge in [-0.25, -0.2) is 0 Å². The number of hydrogen-bond donors (Lipinski definition) is 1. The molecular formula is C22H23F3N2O5. The third-order valence-electron chi connectivity index (χ3n) is 5.21. The molecule has 0 fully saturated rings. The first-order valence-electron chi connectivity index (χ1n) is 10.0. The predicted octanol–water partition coefficient (Wildman–Crippen LogP) is 3.93. The van der Waals surface area contributed by atoms with Gasteiger partial charge < -0.3 is 29.1 Å². The molecule has 2 heterocycles. The first-order chi connectivity index (χ1) is 15.4. The van der Waals surface area contributed by atoms with Crippen molar-refractivity contribution < 1.29 is 37.0 Å². The van der Waals surface area contributed by atoms with Crippen LogP contribution in [0.4, 0.5) is 13.2 Å². The number of methoxy groups -OCH3 is 2. The van der Waals surface area contributed by atoms with Crippen LogP contribution in [0.2, 0.25) is 0 Å². The van der Waals surface area contributed by atoms with E-state index in [-0.39, 0.29) is 12.9 Å². The standard InChI is InChI=1S/C22H23F3N2O5/c1-28-19-14(8-18-20(21(19)29-2)31-12-30-18)7-17-9-16(27-32-17)11-26-10-13-4-3-5-15(6-13)22(23,24)25/h3-6,8,17,26H,7,9-12H2,1-2H3. The molecule has 1 N–H and O–H groups in total. The molecule has 172 valence electrons. The largest absolute Gasteiger partial charge is 0.492 e. The van der Waals surface area contributed by atoms with Crippen molar-refractivity contribution in [2.75, 3.05) is 27.6 Å². The molecule has 2 aliphatic rings. The van der Waals surface area contributed by atoms with Crippen molar-refractivity contribution in [2.45, 2.75) is 31.7 Å². The summed E-state index contributed by atoms with van der Waals surface area (Å²) in [5, 5.41) is 7.24. The Morgan fingerprint density at radius 3 is 2.66 bits per heavy atom. The van der Waals surface area contributed by atoms with Crippen LogP contribution in [-0.2, 0) is 24.0 Å². The minimum atomic E-state index is -4.36. The molecule has 0 bridgehead atoms. The molecule has 2 aromatic carbocycles. The van der Waals surface area contributed by atoms with E-state index in [0.717, 1.165) is 23.4 Å². The topological polar surface area (TPSA) is 70.5 Å². The van der Waals surface area contributed by atoms with Gasteiger partial charge in [0.15, 0.2) is 11.5 Å². The number of hydrogen-bond acceptors (Lipinski definition) is 7. The third kappa shape index (κ3) is 4.69. The summed E-state index contributed by atoms with van der Waals surface area (Å²) in [6, 6.07) is 7.10. The number of ether oxygens (including phenoxy) is 4. The highest BCUT2D eigenvalue weighted by Crippen LogP contribution is 2.49. The van der Waals surface area contributed by atoms with Crippen molar-refractivity contribution in [3.05, 3.63) is 47.0 Å². The Labute approximate surface area is 183 Å². The molecule has 10 heteroatoms. The van der Waals surface area contributed by atoms with Crippen molar-refractivity contribution in [1.29, 1.82) is 0 Å². The van der Waals surface area contributed by atoms with E-state index in [0.29, 0.717) is 54.5 Å². The van der Waals surface area contributed by atoms with E-state index >= 15 is 0 Å². The molecule has 0 aliphatic carbocycles. The van der Waals surface area contributed by atoms with Gasteiger partial charge in [0.2, 0.25) is 18.3 Å². The number of alkyl halides is 3. The summed E-state index contributed by atoms with van der Waals surface area (Å²) in [4.78, 5) is 5.56. The van der Waals surface area contributed by atoms with Crippen LogP contribution >= 0.6 is 0 Å². The van der Waals surface area contributed by atoms with Crippen molar-refractivity contribution in [2.24, 2.45) is 5.16 Å². The van der Waals surface area contributed by atoms with Gasteiger partial charge in [0.1, 0.15) is 6.10 Å². The Bertz CT molecular complexity index is 1010. The minimum Gasteiger partial charge on any atom is -0.492 e. The number of benzene rings is 2. The first-order valence-corrected chi connectivity index (χ1v) is 10.0. The summed E-state index contributed by atoms with van der Waals surface area (Å²) in [6.45, 7) is 0.818. The van der Waals surface area contributed by atoms with Crippen LogP contribution in [0.5, 0.6) is 23.0 Å². The zero-order valence-electron chi connectivity index (χ0n) is 17.6. The minimum absolute atomic E-state index is 0.114. The van der Waals surface area contributed by atoms with Gasteiger partial charge in [-0.05, 0) is 17.7 Å². The van der Waals surface area contributed by atoms with Crippen molar-refractivity contribution >= 4 is 5.71 Å². The molecule has 1 unspecified atom stereocenters. The zero-order chi connectivity index (χ0) is 22.7. The molecule has 1 atom stereocenters. The number of nitrogens with zero attached hydrogens (tertiary/aromatic N) is 1. The smallest absolute Gasteiger partial charge is 0.416 e. The predicted molar refractivity (Wildman–Crippen MR) is 109 cm³/mol. The fourth-order valence-corrected chi connectivity index (χ4v) is 3.76. The Kier molecular flexibility index (Phi) is 6.31. The molecule has 4 rings (SSSR count). The van der Waals surface area contributed by atoms with Crippen LogP contribution in [0.3, 0.4) is 0 Å². The van der Waals surface area contributed by atoms with Crippen molar-refractivity contribution in [3.8, 4) is 23.0 Å². The number of fused-ring (bicyclic) bond motifs is 1. The molecule has 2 aromatic rings. The molecule has 2 aliphatic heterocycles. The van der Waals surface area contributed by atoms with E-state index in [4.69, 9.17) is 23.8 Å². The Morgan fingerprint density at radius 2 is 1.91 bits per heavy atom. The fourth-order valence-electron chi connectivity index (χ4n) is 3.76. The second kappa shape index (κ2) is 9.15. The summed E-state index contributed by atoms with van der Waals surface area (Å²) >= 11 is 0. The fraction of sp³-hybridized carbons (Fsp3) is 0.409. The molecule has 0 radical (unpaired) electrons. The highest BCUT2D eigenvalue weighted by atomic mass is 19.4. The summed E-state index contributed by atoms with van der Waals surface area (Å²) in [5.41, 5.74) is 1.51. The molecule has 0 spiro atoms. The summed E-state index contributed by atoms with van der Waals surface area (Å²) in [7, 11) is 3.09. The van der Waals surface area contributed by atoms with Crippen LogP contribution in [-0.4, -0.2) is 39.4 Å². The molecule has 0 saturated heterocycles. The van der Waals surface area contributed by atoms with Gasteiger partial charge in [-0.1, -0.05) is 23.4 Å². The van der Waals surface area contributed by atoms with Crippen LogP contribution in [0.15, 0.2) is 35.5 Å². The SMILES string of the molecule is COc1c(CC2CC(CNCc3cccc(C(F)(F)F)c3)=NO2)cc2c(c1OC)OCO2. The lowest BCUT2D eigenvalue weighted by molar-refractivity contribution is -0.137. The van der Waals surface area contributed by atoms with E-state index < -0.39 is 11.7 Å². The maximum absolute atomic E-state index is 12.8. The normalized spacial score (nSPS) is 17.2. The van der Waals surface area contributed by atoms with Crippen molar-refractivity contribution in [1.82, 2.24) is 5.32 Å². The van der Waals surface area contributed by atoms with Crippen LogP contribution in [0.1, 0.15) is 23.1 Å². The number of nitrogens with one attached hydrogen (secondary N) is 1. The lowest BCUT2D eigenvalue weighted by Gasteiger charge is -2.16. The summed E-state index contributed by atoms with van der Waals surface area (Å²) < 4.78 is 60.5. The maximum Gasteiger partial charge on any atom is 0.416 e. The highest BCUT2D eigenvalue weighted by molar-refractivity contribution is 5.87. The van der Waals surface area contributed by atoms with Gasteiger partial charge in [0, 0.05) is 31.5 Å². The quantitative estimate of drug-likeness (QED) is 0.655. The van der Waals surface area contributed by atoms with E-state index in [1.54, 1.807) is 13.2 Å². The third-order valence-corrected chi connectivity index (χ3v) is 5.21. The van der Waals surface area contributed by atoms with Gasteiger partial charge in [0.05, 0.1) is 25.5 Å². The number of halogens is 3. The number of oxime groups is 1. The van der Waals surface area contributed by atoms with E-state index in [1.807, 2.05) is 6.07 Å². The maximum atomic E-state index is 12.8. The summed E-state index contributed by atoms with van der Waals surface area (Å²) in [6.07, 6.45) is -3.48. The van der Waals surface area contributed by atoms with Gasteiger partial charge in [-0.15, -0.1) is 0 Å². The average molecular weight is 452 g/mol. The van der Waals surface area contributed by atoms with Crippen LogP contribution in [0.25, 0.3) is 0 Å². The lowest BCUT2D eigenvalue weighted by atomic mass is 10.0. The number of rotatable bonds is 8. The first kappa shape index (κ1) is 22.1. The second-order valence-electron chi connectivity index (χ2n) is 7.43. The summed E-state index contributed by atoms with van der Waals surface area (Å²) in [5.74, 6) is 2.12. The van der Waals surface area contributed by atoms with E-state index in [9.17, 15) is 13.2 Å². The Balaban J connectivity index is 1.33. The molecular weight excluding hydrogens is 429 g/mol. The van der Waals surface area contributed by atoms with Crippen LogP contribution in [0, 0.1) is 0 Å². The van der Waals surface area contributed by atoms with Gasteiger partial charge in [0.25, 0.3) is 0 Å². The van der Waals surface area contributed by atoms with Gasteiger partial charge in [-0.2, -0.15) is 13.2 Å². The monoisotopic (exact) mass is 452 g/mol. The average Bonchev–Trinajstić information content (AvgIpc) is 3.41. The van der Waals surface area contributed by atoms with Crippen LogP contribution < -0.4 is 24.3 Å². The van der Waals surface area contributed by atoms with Gasteiger partial charge in [-0.3, -0.25) is 0 Å². The van der Waals surface area contributed by atoms with Gasteiger partial charge >= 0.3 is 6.18 Å². The zero-order valence-corrected chi connectivity index (χ0v) is 17.6. The molecule has 7 nitrogen and oxygen atoms in total. The van der Waals surface area contributed by atoms with Crippen molar-refractivity contribution in [3.63, 3.8) is 0 Å². The highest BCUT2D eigenvalue weighted by Gasteiger charge is 2.31. The Hall–Kier alpha value is -3.14. The lowest BCUT2D eigenvalue weighted by Crippen LogP contribution is -2.23. The second-order valence-corrected chi connectivity index (χ2v) is 7.43. The Morgan fingerprint density at radius 1 is 1.09 bits per heavy atom. The molecule has 0 saturated carbocycles.